The Morgan fingerprint density at radius 1 is 1.55 bits per heavy atom. The van der Waals surface area contributed by atoms with Gasteiger partial charge in [0.2, 0.25) is 0 Å². The topological polar surface area (TPSA) is 43.4 Å². The van der Waals surface area contributed by atoms with Crippen LogP contribution in [0.1, 0.15) is 6.92 Å². The van der Waals surface area contributed by atoms with Crippen molar-refractivity contribution in [1.29, 1.82) is 0 Å². The van der Waals surface area contributed by atoms with Crippen molar-refractivity contribution in [3.05, 3.63) is 0 Å². The molecule has 0 spiro atoms. The number of alkyl halides is 3. The molecule has 0 saturated carbocycles. The van der Waals surface area contributed by atoms with Gasteiger partial charge in [-0.2, -0.15) is 13.2 Å². The van der Waals surface area contributed by atoms with Crippen LogP contribution >= 0.6 is 0 Å². The Kier molecular flexibility index (Phi) is 3.39. The van der Waals surface area contributed by atoms with Gasteiger partial charge in [-0.15, -0.1) is 4.48 Å². The van der Waals surface area contributed by atoms with Crippen molar-refractivity contribution in [3.8, 4) is 0 Å². The molecule has 8 heteroatoms. The molecule has 0 aromatic carbocycles. The first kappa shape index (κ1) is 10.8. The molecular weight excluding hydrogens is 190 g/mol. The van der Waals surface area contributed by atoms with Gasteiger partial charge in [0.1, 0.15) is 5.37 Å². The third-order valence-corrected chi connectivity index (χ3v) is 1.58. The molecule has 0 heterocycles. The van der Waals surface area contributed by atoms with Gasteiger partial charge >= 0.3 is 6.30 Å². The summed E-state index contributed by atoms with van der Waals surface area (Å²) in [6, 6.07) is 0. The quantitative estimate of drug-likeness (QED) is 0.284. The highest BCUT2D eigenvalue weighted by atomic mass is 32.2. The summed E-state index contributed by atoms with van der Waals surface area (Å²) in [4.78, 5) is 0. The lowest BCUT2D eigenvalue weighted by atomic mass is 10.7. The van der Waals surface area contributed by atoms with Gasteiger partial charge in [0, 0.05) is 0 Å². The lowest BCUT2D eigenvalue weighted by Gasteiger charge is -2.23. The molecule has 11 heavy (non-hydrogen) atoms. The summed E-state index contributed by atoms with van der Waals surface area (Å²) in [6.45, 7) is 0.580. The maximum Gasteiger partial charge on any atom is 0.488 e. The molecule has 3 nitrogen and oxygen atoms in total. The standard InChI is InChI=1S/C3H5F4NO2S/c1-2(11(9)10)8(7)3(4,5)6/h2H,1H3,(H,9,10)/p-1. The summed E-state index contributed by atoms with van der Waals surface area (Å²) in [5, 5.41) is -3.90. The molecule has 0 fully saturated rings. The number of hydrogen-bond acceptors (Lipinski definition) is 3. The van der Waals surface area contributed by atoms with Crippen molar-refractivity contribution in [2.45, 2.75) is 18.6 Å². The zero-order valence-electron chi connectivity index (χ0n) is 5.26. The number of rotatable bonds is 2. The van der Waals surface area contributed by atoms with E-state index in [1.54, 1.807) is 0 Å². The van der Waals surface area contributed by atoms with Crippen LogP contribution in [0.15, 0.2) is 0 Å². The van der Waals surface area contributed by atoms with E-state index in [1.807, 2.05) is 0 Å². The Hall–Kier alpha value is -0.210. The van der Waals surface area contributed by atoms with Crippen LogP contribution in [-0.2, 0) is 11.1 Å². The third-order valence-electron chi connectivity index (χ3n) is 0.840. The maximum absolute atomic E-state index is 11.9. The normalized spacial score (nSPS) is 18.5. The minimum Gasteiger partial charge on any atom is -0.771 e. The summed E-state index contributed by atoms with van der Waals surface area (Å²) < 4.78 is 65.5. The van der Waals surface area contributed by atoms with Gasteiger partial charge in [-0.05, 0) is 23.1 Å². The van der Waals surface area contributed by atoms with Gasteiger partial charge in [0.15, 0.2) is 0 Å². The minimum absolute atomic E-state index is 0.580. The van der Waals surface area contributed by atoms with E-state index in [1.165, 1.54) is 0 Å². The Labute approximate surface area is 62.2 Å². The summed E-state index contributed by atoms with van der Waals surface area (Å²) >= 11 is -3.11. The molecule has 0 aromatic heterocycles. The predicted molar refractivity (Wildman–Crippen MR) is 27.4 cm³/mol. The van der Waals surface area contributed by atoms with Crippen LogP contribution in [0.2, 0.25) is 0 Å². The maximum atomic E-state index is 11.9. The molecule has 2 atom stereocenters. The van der Waals surface area contributed by atoms with Crippen molar-refractivity contribution in [2.75, 3.05) is 0 Å². The average molecular weight is 194 g/mol. The molecule has 0 aliphatic carbocycles. The lowest BCUT2D eigenvalue weighted by molar-refractivity contribution is -0.316. The second-order valence-corrected chi connectivity index (χ2v) is 2.84. The SMILES string of the molecule is CC(N(F)C(F)(F)F)S(=O)[O-]. The summed E-state index contributed by atoms with van der Waals surface area (Å²) in [6.07, 6.45) is -5.26. The van der Waals surface area contributed by atoms with E-state index in [0.29, 0.717) is 6.92 Å². The molecule has 0 N–H and O–H groups in total. The van der Waals surface area contributed by atoms with Crippen LogP contribution in [0.4, 0.5) is 17.7 Å². The molecule has 68 valence electrons. The van der Waals surface area contributed by atoms with Crippen LogP contribution in [0.25, 0.3) is 0 Å². The molecule has 0 bridgehead atoms. The summed E-state index contributed by atoms with van der Waals surface area (Å²) in [7, 11) is 0. The second kappa shape index (κ2) is 3.46. The average Bonchev–Trinajstić information content (AvgIpc) is 1.82. The van der Waals surface area contributed by atoms with E-state index in [-0.39, 0.29) is 0 Å². The summed E-state index contributed by atoms with van der Waals surface area (Å²) in [5.41, 5.74) is 0. The van der Waals surface area contributed by atoms with Crippen LogP contribution in [0.3, 0.4) is 0 Å². The molecular formula is C3H4F4NO2S-. The second-order valence-electron chi connectivity index (χ2n) is 1.64. The first-order chi connectivity index (χ1) is 4.76. The van der Waals surface area contributed by atoms with Gasteiger partial charge in [0.25, 0.3) is 0 Å². The molecule has 0 radical (unpaired) electrons. The minimum atomic E-state index is -5.26. The molecule has 0 rings (SSSR count). The van der Waals surface area contributed by atoms with Gasteiger partial charge < -0.3 is 4.55 Å². The van der Waals surface area contributed by atoms with E-state index < -0.39 is 27.9 Å². The Balaban J connectivity index is 4.25. The van der Waals surface area contributed by atoms with E-state index in [0.717, 1.165) is 0 Å². The predicted octanol–water partition coefficient (Wildman–Crippen LogP) is 0.918. The van der Waals surface area contributed by atoms with E-state index in [2.05, 4.69) is 0 Å². The van der Waals surface area contributed by atoms with E-state index in [9.17, 15) is 26.4 Å². The molecule has 0 saturated heterocycles. The van der Waals surface area contributed by atoms with Gasteiger partial charge in [-0.1, -0.05) is 0 Å². The molecule has 0 aliphatic rings. The lowest BCUT2D eigenvalue weighted by Crippen LogP contribution is -2.40. The smallest absolute Gasteiger partial charge is 0.488 e. The fourth-order valence-electron chi connectivity index (χ4n) is 0.282. The molecule has 0 aromatic rings. The van der Waals surface area contributed by atoms with Crippen molar-refractivity contribution >= 4 is 11.1 Å². The Bertz CT molecular complexity index is 160. The molecule has 2 unspecified atom stereocenters. The zero-order valence-corrected chi connectivity index (χ0v) is 6.08. The molecule has 0 aliphatic heterocycles. The van der Waals surface area contributed by atoms with Crippen molar-refractivity contribution < 1.29 is 26.4 Å². The first-order valence-corrected chi connectivity index (χ1v) is 3.50. The van der Waals surface area contributed by atoms with Crippen LogP contribution in [0.5, 0.6) is 0 Å². The van der Waals surface area contributed by atoms with E-state index in [4.69, 9.17) is 0 Å². The van der Waals surface area contributed by atoms with Gasteiger partial charge in [0.05, 0.1) is 0 Å². The fourth-order valence-corrected chi connectivity index (χ4v) is 0.552. The van der Waals surface area contributed by atoms with Gasteiger partial charge in [-0.25, -0.2) is 0 Å². The van der Waals surface area contributed by atoms with Crippen LogP contribution in [0, 0.1) is 0 Å². The van der Waals surface area contributed by atoms with Gasteiger partial charge in [-0.3, -0.25) is 4.21 Å². The Morgan fingerprint density at radius 2 is 1.91 bits per heavy atom. The monoisotopic (exact) mass is 194 g/mol. The first-order valence-electron chi connectivity index (χ1n) is 2.36. The highest BCUT2D eigenvalue weighted by Crippen LogP contribution is 2.24. The molecule has 0 amide bonds. The van der Waals surface area contributed by atoms with Crippen molar-refractivity contribution in [3.63, 3.8) is 0 Å². The number of nitrogens with zero attached hydrogens (tertiary/aromatic N) is 1. The third kappa shape index (κ3) is 3.12. The number of halogens is 4. The Morgan fingerprint density at radius 3 is 2.00 bits per heavy atom. The van der Waals surface area contributed by atoms with Crippen LogP contribution < -0.4 is 0 Å². The van der Waals surface area contributed by atoms with Crippen LogP contribution in [-0.4, -0.2) is 25.6 Å². The summed E-state index contributed by atoms with van der Waals surface area (Å²) in [5.74, 6) is 0. The van der Waals surface area contributed by atoms with E-state index >= 15 is 0 Å². The highest BCUT2D eigenvalue weighted by molar-refractivity contribution is 7.79. The fraction of sp³-hybridized carbons (Fsp3) is 1.00. The highest BCUT2D eigenvalue weighted by Gasteiger charge is 2.42. The van der Waals surface area contributed by atoms with Crippen molar-refractivity contribution in [1.82, 2.24) is 5.12 Å². The van der Waals surface area contributed by atoms with Crippen molar-refractivity contribution in [2.24, 2.45) is 0 Å². The zero-order chi connectivity index (χ0) is 9.23. The number of hydrogen-bond donors (Lipinski definition) is 0. The largest absolute Gasteiger partial charge is 0.771 e.